The van der Waals surface area contributed by atoms with Gasteiger partial charge in [-0.15, -0.1) is 0 Å². The predicted octanol–water partition coefficient (Wildman–Crippen LogP) is 2.16. The molecule has 0 amide bonds. The molecule has 1 rings (SSSR count). The molecule has 18 heavy (non-hydrogen) atoms. The number of carbonyl (C=O) groups is 2. The molecule has 2 N–H and O–H groups in total. The normalized spacial score (nSPS) is 12.7. The minimum atomic E-state index is -1.04. The van der Waals surface area contributed by atoms with Crippen LogP contribution in [0, 0.1) is 0 Å². The molecule has 1 atom stereocenters. The minimum absolute atomic E-state index is 0.575. The lowest BCUT2D eigenvalue weighted by atomic mass is 10.1. The predicted molar refractivity (Wildman–Crippen MR) is 65.7 cm³/mol. The third-order valence-electron chi connectivity index (χ3n) is 1.99. The van der Waals surface area contributed by atoms with Gasteiger partial charge in [-0.05, 0) is 26.3 Å². The van der Waals surface area contributed by atoms with E-state index in [1.165, 1.54) is 0 Å². The summed E-state index contributed by atoms with van der Waals surface area (Å²) in [7, 11) is 0. The third kappa shape index (κ3) is 4.55. The summed E-state index contributed by atoms with van der Waals surface area (Å²) in [5.74, 6) is -0.838. The van der Waals surface area contributed by atoms with Gasteiger partial charge in [0.2, 0.25) is 0 Å². The van der Waals surface area contributed by atoms with Crippen LogP contribution in [0.25, 0.3) is 0 Å². The summed E-state index contributed by atoms with van der Waals surface area (Å²) in [6, 6.07) is 7.65. The molecule has 0 saturated carbocycles. The quantitative estimate of drug-likeness (QED) is 0.643. The molecule has 0 heterocycles. The Morgan fingerprint density at radius 3 is 2.22 bits per heavy atom. The van der Waals surface area contributed by atoms with E-state index >= 15 is 0 Å². The molecule has 98 valence electrons. The summed E-state index contributed by atoms with van der Waals surface area (Å²) in [5.41, 5.74) is 5.53. The van der Waals surface area contributed by atoms with Crippen LogP contribution in [0.15, 0.2) is 30.3 Å². The van der Waals surface area contributed by atoms with Gasteiger partial charge in [-0.1, -0.05) is 30.3 Å². The van der Waals surface area contributed by atoms with Crippen molar-refractivity contribution in [1.82, 2.24) is 0 Å². The first-order valence-corrected chi connectivity index (χ1v) is 5.55. The summed E-state index contributed by atoms with van der Waals surface area (Å²) >= 11 is 0. The van der Waals surface area contributed by atoms with E-state index in [9.17, 15) is 9.59 Å². The Bertz CT molecular complexity index is 422. The molecule has 5 heteroatoms. The Hall–Kier alpha value is -1.88. The monoisotopic (exact) mass is 251 g/mol. The molecular formula is C13H17NO4. The van der Waals surface area contributed by atoms with Gasteiger partial charge in [-0.3, -0.25) is 0 Å². The van der Waals surface area contributed by atoms with Crippen molar-refractivity contribution in [2.24, 2.45) is 5.73 Å². The highest BCUT2D eigenvalue weighted by molar-refractivity contribution is 5.86. The second-order valence-corrected chi connectivity index (χ2v) is 4.77. The van der Waals surface area contributed by atoms with Crippen molar-refractivity contribution in [1.29, 1.82) is 0 Å². The van der Waals surface area contributed by atoms with Crippen LogP contribution >= 0.6 is 0 Å². The van der Waals surface area contributed by atoms with E-state index in [4.69, 9.17) is 10.5 Å². The van der Waals surface area contributed by atoms with Crippen molar-refractivity contribution in [3.8, 4) is 0 Å². The van der Waals surface area contributed by atoms with E-state index in [2.05, 4.69) is 4.74 Å². The molecule has 1 aromatic carbocycles. The molecule has 0 aromatic heterocycles. The zero-order valence-corrected chi connectivity index (χ0v) is 10.7. The van der Waals surface area contributed by atoms with Crippen molar-refractivity contribution in [2.75, 3.05) is 0 Å². The van der Waals surface area contributed by atoms with Crippen LogP contribution < -0.4 is 5.73 Å². The maximum absolute atomic E-state index is 11.6. The van der Waals surface area contributed by atoms with E-state index in [1.807, 2.05) is 0 Å². The molecule has 0 saturated heterocycles. The molecule has 0 radical (unpaired) electrons. The van der Waals surface area contributed by atoms with Gasteiger partial charge in [0.15, 0.2) is 0 Å². The summed E-state index contributed by atoms with van der Waals surface area (Å²) in [6.07, 6.45) is -1.04. The van der Waals surface area contributed by atoms with Gasteiger partial charge in [0.25, 0.3) is 0 Å². The summed E-state index contributed by atoms with van der Waals surface area (Å²) < 4.78 is 9.37. The molecule has 0 aliphatic carbocycles. The highest BCUT2D eigenvalue weighted by Gasteiger charge is 2.24. The molecule has 5 nitrogen and oxygen atoms in total. The van der Waals surface area contributed by atoms with E-state index in [-0.39, 0.29) is 0 Å². The number of carbonyl (C=O) groups excluding carboxylic acids is 2. The van der Waals surface area contributed by atoms with E-state index in [0.717, 1.165) is 0 Å². The molecule has 0 fully saturated rings. The van der Waals surface area contributed by atoms with Crippen molar-refractivity contribution >= 4 is 12.1 Å². The Morgan fingerprint density at radius 2 is 1.72 bits per heavy atom. The minimum Gasteiger partial charge on any atom is -0.428 e. The Morgan fingerprint density at radius 1 is 1.17 bits per heavy atom. The van der Waals surface area contributed by atoms with Crippen LogP contribution in [0.1, 0.15) is 32.4 Å². The van der Waals surface area contributed by atoms with E-state index in [1.54, 1.807) is 51.1 Å². The van der Waals surface area contributed by atoms with Crippen LogP contribution in [-0.2, 0) is 14.3 Å². The number of esters is 1. The third-order valence-corrected chi connectivity index (χ3v) is 1.99. The highest BCUT2D eigenvalue weighted by atomic mass is 16.7. The van der Waals surface area contributed by atoms with Crippen LogP contribution in [-0.4, -0.2) is 17.7 Å². The molecule has 0 spiro atoms. The first-order valence-electron chi connectivity index (χ1n) is 5.55. The zero-order valence-electron chi connectivity index (χ0n) is 10.7. The maximum Gasteiger partial charge on any atom is 0.516 e. The molecular weight excluding hydrogens is 234 g/mol. The molecule has 0 bridgehead atoms. The molecule has 1 aromatic rings. The second kappa shape index (κ2) is 5.64. The van der Waals surface area contributed by atoms with Gasteiger partial charge < -0.3 is 15.2 Å². The van der Waals surface area contributed by atoms with Gasteiger partial charge in [0.05, 0.1) is 0 Å². The fourth-order valence-corrected chi connectivity index (χ4v) is 1.21. The Kier molecular flexibility index (Phi) is 4.44. The van der Waals surface area contributed by atoms with Crippen molar-refractivity contribution in [3.63, 3.8) is 0 Å². The SMILES string of the molecule is CC(C)(C)OC(=O)OC(=O)[C@@H](N)c1ccccc1. The summed E-state index contributed by atoms with van der Waals surface area (Å²) in [6.45, 7) is 5.03. The number of benzene rings is 1. The molecule has 0 aliphatic heterocycles. The van der Waals surface area contributed by atoms with Gasteiger partial charge in [0.1, 0.15) is 11.6 Å². The van der Waals surface area contributed by atoms with Gasteiger partial charge >= 0.3 is 12.1 Å². The lowest BCUT2D eigenvalue weighted by molar-refractivity contribution is -0.143. The fraction of sp³-hybridized carbons (Fsp3) is 0.385. The standard InChI is InChI=1S/C13H17NO4/c1-13(2,3)18-12(16)17-11(15)10(14)9-7-5-4-6-8-9/h4-8,10H,14H2,1-3H3/t10-/m0/s1. The van der Waals surface area contributed by atoms with E-state index < -0.39 is 23.8 Å². The zero-order chi connectivity index (χ0) is 13.8. The van der Waals surface area contributed by atoms with Gasteiger partial charge in [0, 0.05) is 0 Å². The summed E-state index contributed by atoms with van der Waals surface area (Å²) in [4.78, 5) is 22.9. The lowest BCUT2D eigenvalue weighted by Gasteiger charge is -2.19. The summed E-state index contributed by atoms with van der Waals surface area (Å²) in [5, 5.41) is 0. The number of nitrogens with two attached hydrogens (primary N) is 1. The first kappa shape index (κ1) is 14.2. The topological polar surface area (TPSA) is 78.6 Å². The number of hydrogen-bond donors (Lipinski definition) is 1. The van der Waals surface area contributed by atoms with Crippen molar-refractivity contribution < 1.29 is 19.1 Å². The number of hydrogen-bond acceptors (Lipinski definition) is 5. The van der Waals surface area contributed by atoms with Crippen LogP contribution in [0.3, 0.4) is 0 Å². The second-order valence-electron chi connectivity index (χ2n) is 4.77. The van der Waals surface area contributed by atoms with Crippen LogP contribution in [0.4, 0.5) is 4.79 Å². The lowest BCUT2D eigenvalue weighted by Crippen LogP contribution is -2.30. The number of ether oxygens (including phenoxy) is 2. The Balaban J connectivity index is 2.59. The molecule has 0 aliphatic rings. The van der Waals surface area contributed by atoms with Crippen molar-refractivity contribution in [3.05, 3.63) is 35.9 Å². The number of rotatable bonds is 2. The smallest absolute Gasteiger partial charge is 0.428 e. The van der Waals surface area contributed by atoms with Crippen LogP contribution in [0.2, 0.25) is 0 Å². The van der Waals surface area contributed by atoms with Crippen molar-refractivity contribution in [2.45, 2.75) is 32.4 Å². The van der Waals surface area contributed by atoms with Crippen LogP contribution in [0.5, 0.6) is 0 Å². The first-order chi connectivity index (χ1) is 8.29. The molecule has 0 unspecified atom stereocenters. The maximum atomic E-state index is 11.6. The largest absolute Gasteiger partial charge is 0.516 e. The average molecular weight is 251 g/mol. The Labute approximate surface area is 106 Å². The van der Waals surface area contributed by atoms with E-state index in [0.29, 0.717) is 5.56 Å². The average Bonchev–Trinajstić information content (AvgIpc) is 2.26. The fourth-order valence-electron chi connectivity index (χ4n) is 1.21. The highest BCUT2D eigenvalue weighted by Crippen LogP contribution is 2.13. The van der Waals surface area contributed by atoms with Gasteiger partial charge in [-0.2, -0.15) is 0 Å². The van der Waals surface area contributed by atoms with Gasteiger partial charge in [-0.25, -0.2) is 9.59 Å².